The number of benzene rings is 2. The standard InChI is InChI=1S/C19H20ClNO5/c1-12(18(22)21-15-6-10-16(24-3)11-7-15)26-19(23)13(2)25-17-8-4-14(20)5-9-17/h4-13H,1-3H3,(H,21,22)/t12-,13-/m0/s1. The lowest BCUT2D eigenvalue weighted by molar-refractivity contribution is -0.159. The van der Waals surface area contributed by atoms with Crippen LogP contribution in [0.4, 0.5) is 5.69 Å². The zero-order valence-electron chi connectivity index (χ0n) is 14.7. The second-order valence-corrected chi connectivity index (χ2v) is 5.95. The second-order valence-electron chi connectivity index (χ2n) is 5.51. The molecule has 138 valence electrons. The molecule has 0 aromatic heterocycles. The fourth-order valence-corrected chi connectivity index (χ4v) is 2.13. The minimum Gasteiger partial charge on any atom is -0.497 e. The van der Waals surface area contributed by atoms with Crippen molar-refractivity contribution in [3.63, 3.8) is 0 Å². The lowest BCUT2D eigenvalue weighted by Gasteiger charge is -2.18. The number of amides is 1. The summed E-state index contributed by atoms with van der Waals surface area (Å²) < 4.78 is 15.7. The predicted molar refractivity (Wildman–Crippen MR) is 98.7 cm³/mol. The average molecular weight is 378 g/mol. The molecule has 26 heavy (non-hydrogen) atoms. The summed E-state index contributed by atoms with van der Waals surface area (Å²) in [7, 11) is 1.56. The quantitative estimate of drug-likeness (QED) is 0.745. The maximum atomic E-state index is 12.1. The largest absolute Gasteiger partial charge is 0.497 e. The third kappa shape index (κ3) is 5.67. The number of ether oxygens (including phenoxy) is 3. The molecule has 0 radical (unpaired) electrons. The van der Waals surface area contributed by atoms with Gasteiger partial charge in [-0.3, -0.25) is 4.79 Å². The topological polar surface area (TPSA) is 73.9 Å². The van der Waals surface area contributed by atoms with Gasteiger partial charge in [-0.1, -0.05) is 11.6 Å². The highest BCUT2D eigenvalue weighted by molar-refractivity contribution is 6.30. The van der Waals surface area contributed by atoms with Crippen molar-refractivity contribution in [3.8, 4) is 11.5 Å². The fraction of sp³-hybridized carbons (Fsp3) is 0.263. The number of hydrogen-bond donors (Lipinski definition) is 1. The van der Waals surface area contributed by atoms with E-state index in [4.69, 9.17) is 25.8 Å². The molecule has 0 aliphatic heterocycles. The van der Waals surface area contributed by atoms with Crippen LogP contribution in [-0.2, 0) is 14.3 Å². The summed E-state index contributed by atoms with van der Waals surface area (Å²) in [6.07, 6.45) is -1.84. The highest BCUT2D eigenvalue weighted by Crippen LogP contribution is 2.18. The number of halogens is 1. The molecular formula is C19H20ClNO5. The molecule has 0 unspecified atom stereocenters. The summed E-state index contributed by atoms with van der Waals surface area (Å²) >= 11 is 5.80. The molecule has 0 aliphatic rings. The van der Waals surface area contributed by atoms with Crippen LogP contribution >= 0.6 is 11.6 Å². The second kappa shape index (κ2) is 9.10. The molecule has 2 rings (SSSR count). The molecule has 6 nitrogen and oxygen atoms in total. The normalized spacial score (nSPS) is 12.6. The van der Waals surface area contributed by atoms with Crippen LogP contribution < -0.4 is 14.8 Å². The molecule has 1 amide bonds. The van der Waals surface area contributed by atoms with Gasteiger partial charge in [-0.2, -0.15) is 0 Å². The number of hydrogen-bond acceptors (Lipinski definition) is 5. The van der Waals surface area contributed by atoms with Crippen molar-refractivity contribution in [2.75, 3.05) is 12.4 Å². The molecule has 2 aromatic carbocycles. The van der Waals surface area contributed by atoms with Crippen LogP contribution in [-0.4, -0.2) is 31.2 Å². The van der Waals surface area contributed by atoms with Crippen LogP contribution in [0, 0.1) is 0 Å². The number of carbonyl (C=O) groups excluding carboxylic acids is 2. The van der Waals surface area contributed by atoms with E-state index in [0.29, 0.717) is 22.2 Å². The molecule has 0 spiro atoms. The Morgan fingerprint density at radius 1 is 0.923 bits per heavy atom. The van der Waals surface area contributed by atoms with Gasteiger partial charge in [-0.25, -0.2) is 4.79 Å². The Morgan fingerprint density at radius 2 is 1.50 bits per heavy atom. The summed E-state index contributed by atoms with van der Waals surface area (Å²) in [5.74, 6) is 0.0735. The SMILES string of the molecule is COc1ccc(NC(=O)[C@H](C)OC(=O)[C@H](C)Oc2ccc(Cl)cc2)cc1. The van der Waals surface area contributed by atoms with Crippen LogP contribution in [0.25, 0.3) is 0 Å². The first-order valence-electron chi connectivity index (χ1n) is 7.96. The van der Waals surface area contributed by atoms with Crippen molar-refractivity contribution < 1.29 is 23.8 Å². The van der Waals surface area contributed by atoms with Gasteiger partial charge in [0.25, 0.3) is 5.91 Å². The van der Waals surface area contributed by atoms with Crippen molar-refractivity contribution in [3.05, 3.63) is 53.6 Å². The third-order valence-corrected chi connectivity index (χ3v) is 3.73. The number of anilines is 1. The number of nitrogens with one attached hydrogen (secondary N) is 1. The minimum atomic E-state index is -0.971. The van der Waals surface area contributed by atoms with Crippen LogP contribution in [0.5, 0.6) is 11.5 Å². The molecule has 0 aliphatic carbocycles. The Bertz CT molecular complexity index is 746. The number of methoxy groups -OCH3 is 1. The van der Waals surface area contributed by atoms with Gasteiger partial charge in [0.2, 0.25) is 0 Å². The van der Waals surface area contributed by atoms with E-state index in [-0.39, 0.29) is 0 Å². The molecule has 2 aromatic rings. The van der Waals surface area contributed by atoms with E-state index >= 15 is 0 Å². The fourth-order valence-electron chi connectivity index (χ4n) is 2.01. The van der Waals surface area contributed by atoms with Gasteiger partial charge in [-0.15, -0.1) is 0 Å². The maximum absolute atomic E-state index is 12.1. The first-order valence-corrected chi connectivity index (χ1v) is 8.34. The zero-order chi connectivity index (χ0) is 19.1. The summed E-state index contributed by atoms with van der Waals surface area (Å²) in [5.41, 5.74) is 0.573. The first-order chi connectivity index (χ1) is 12.4. The van der Waals surface area contributed by atoms with Crippen LogP contribution in [0.15, 0.2) is 48.5 Å². The predicted octanol–water partition coefficient (Wildman–Crippen LogP) is 3.69. The minimum absolute atomic E-state index is 0.442. The Labute approximate surface area is 157 Å². The molecule has 2 atom stereocenters. The number of rotatable bonds is 7. The van der Waals surface area contributed by atoms with Gasteiger partial charge in [0.05, 0.1) is 7.11 Å². The molecule has 0 bridgehead atoms. The lowest BCUT2D eigenvalue weighted by atomic mass is 10.3. The van der Waals surface area contributed by atoms with E-state index < -0.39 is 24.1 Å². The Balaban J connectivity index is 1.86. The summed E-state index contributed by atoms with van der Waals surface area (Å²) in [6.45, 7) is 3.04. The van der Waals surface area contributed by atoms with Crippen molar-refractivity contribution >= 4 is 29.2 Å². The van der Waals surface area contributed by atoms with Crippen LogP contribution in [0.2, 0.25) is 5.02 Å². The Morgan fingerprint density at radius 3 is 2.08 bits per heavy atom. The Kier molecular flexibility index (Phi) is 6.86. The number of esters is 1. The zero-order valence-corrected chi connectivity index (χ0v) is 15.4. The van der Waals surface area contributed by atoms with Crippen LogP contribution in [0.3, 0.4) is 0 Å². The van der Waals surface area contributed by atoms with Crippen molar-refractivity contribution in [1.82, 2.24) is 0 Å². The monoisotopic (exact) mass is 377 g/mol. The van der Waals surface area contributed by atoms with Gasteiger partial charge in [0.1, 0.15) is 11.5 Å². The van der Waals surface area contributed by atoms with Crippen molar-refractivity contribution in [1.29, 1.82) is 0 Å². The van der Waals surface area contributed by atoms with Gasteiger partial charge in [0, 0.05) is 10.7 Å². The lowest BCUT2D eigenvalue weighted by Crippen LogP contribution is -2.35. The molecule has 1 N–H and O–H groups in total. The summed E-state index contributed by atoms with van der Waals surface area (Å²) in [5, 5.41) is 3.23. The highest BCUT2D eigenvalue weighted by Gasteiger charge is 2.23. The third-order valence-electron chi connectivity index (χ3n) is 3.48. The van der Waals surface area contributed by atoms with E-state index in [0.717, 1.165) is 0 Å². The van der Waals surface area contributed by atoms with E-state index in [1.807, 2.05) is 0 Å². The highest BCUT2D eigenvalue weighted by atomic mass is 35.5. The molecule has 0 saturated carbocycles. The van der Waals surface area contributed by atoms with Crippen molar-refractivity contribution in [2.24, 2.45) is 0 Å². The average Bonchev–Trinajstić information content (AvgIpc) is 2.64. The van der Waals surface area contributed by atoms with Crippen molar-refractivity contribution in [2.45, 2.75) is 26.1 Å². The van der Waals surface area contributed by atoms with Gasteiger partial charge in [0.15, 0.2) is 12.2 Å². The summed E-state index contributed by atoms with van der Waals surface area (Å²) in [6, 6.07) is 13.4. The molecular weight excluding hydrogens is 358 g/mol. The van der Waals surface area contributed by atoms with Gasteiger partial charge >= 0.3 is 5.97 Å². The first kappa shape index (κ1) is 19.6. The maximum Gasteiger partial charge on any atom is 0.347 e. The van der Waals surface area contributed by atoms with E-state index in [1.165, 1.54) is 6.92 Å². The Hall–Kier alpha value is -2.73. The van der Waals surface area contributed by atoms with Crippen LogP contribution in [0.1, 0.15) is 13.8 Å². The summed E-state index contributed by atoms with van der Waals surface area (Å²) in [4.78, 5) is 24.2. The number of carbonyl (C=O) groups is 2. The molecule has 0 fully saturated rings. The van der Waals surface area contributed by atoms with E-state index in [1.54, 1.807) is 62.6 Å². The van der Waals surface area contributed by atoms with Gasteiger partial charge in [-0.05, 0) is 62.4 Å². The van der Waals surface area contributed by atoms with Gasteiger partial charge < -0.3 is 19.5 Å². The smallest absolute Gasteiger partial charge is 0.347 e. The van der Waals surface area contributed by atoms with E-state index in [9.17, 15) is 9.59 Å². The van der Waals surface area contributed by atoms with E-state index in [2.05, 4.69) is 5.32 Å². The molecule has 7 heteroatoms. The molecule has 0 heterocycles. The molecule has 0 saturated heterocycles.